The van der Waals surface area contributed by atoms with E-state index in [2.05, 4.69) is 6.92 Å². The quantitative estimate of drug-likeness (QED) is 0.838. The third kappa shape index (κ3) is 2.39. The number of rotatable bonds is 2. The molecule has 0 amide bonds. The molecule has 18 heavy (non-hydrogen) atoms. The standard InChI is InChI=1S/C14H21NO2S/c1-10-6-8-12(9-7-10)18(16,17)14-5-3-4-13(15)11(14)2/h3-5,10,12H,6-9,15H2,1-2H3. The summed E-state index contributed by atoms with van der Waals surface area (Å²) in [5, 5.41) is -0.228. The molecule has 4 heteroatoms. The van der Waals surface area contributed by atoms with E-state index >= 15 is 0 Å². The van der Waals surface area contributed by atoms with Crippen LogP contribution in [0.1, 0.15) is 38.2 Å². The first-order chi connectivity index (χ1) is 8.43. The van der Waals surface area contributed by atoms with Crippen molar-refractivity contribution in [2.45, 2.75) is 49.7 Å². The number of anilines is 1. The Morgan fingerprint density at radius 3 is 2.39 bits per heavy atom. The van der Waals surface area contributed by atoms with Gasteiger partial charge in [-0.3, -0.25) is 0 Å². The number of nitrogens with two attached hydrogens (primary N) is 1. The van der Waals surface area contributed by atoms with Crippen LogP contribution in [0.25, 0.3) is 0 Å². The van der Waals surface area contributed by atoms with Crippen LogP contribution in [0.3, 0.4) is 0 Å². The van der Waals surface area contributed by atoms with Crippen LogP contribution in [-0.2, 0) is 9.84 Å². The molecule has 0 saturated heterocycles. The Balaban J connectivity index is 2.34. The largest absolute Gasteiger partial charge is 0.398 e. The highest BCUT2D eigenvalue weighted by Gasteiger charge is 2.31. The van der Waals surface area contributed by atoms with Gasteiger partial charge in [-0.2, -0.15) is 0 Å². The Bertz CT molecular complexity index is 529. The summed E-state index contributed by atoms with van der Waals surface area (Å²) in [5.41, 5.74) is 7.05. The molecule has 1 aliphatic carbocycles. The molecule has 0 radical (unpaired) electrons. The lowest BCUT2D eigenvalue weighted by molar-refractivity contribution is 0.382. The van der Waals surface area contributed by atoms with Crippen LogP contribution in [0.4, 0.5) is 5.69 Å². The number of hydrogen-bond acceptors (Lipinski definition) is 3. The van der Waals surface area contributed by atoms with Crippen molar-refractivity contribution in [3.63, 3.8) is 0 Å². The van der Waals surface area contributed by atoms with Gasteiger partial charge in [-0.25, -0.2) is 8.42 Å². The van der Waals surface area contributed by atoms with Crippen molar-refractivity contribution in [2.75, 3.05) is 5.73 Å². The van der Waals surface area contributed by atoms with Crippen LogP contribution in [0, 0.1) is 12.8 Å². The summed E-state index contributed by atoms with van der Waals surface area (Å²) in [6.45, 7) is 3.97. The third-order valence-corrected chi connectivity index (χ3v) is 6.44. The summed E-state index contributed by atoms with van der Waals surface area (Å²) in [6, 6.07) is 5.15. The maximum Gasteiger partial charge on any atom is 0.181 e. The van der Waals surface area contributed by atoms with Crippen LogP contribution in [-0.4, -0.2) is 13.7 Å². The van der Waals surface area contributed by atoms with E-state index in [0.717, 1.165) is 25.7 Å². The second kappa shape index (κ2) is 4.92. The van der Waals surface area contributed by atoms with Gasteiger partial charge in [0.15, 0.2) is 9.84 Å². The molecule has 1 fully saturated rings. The minimum Gasteiger partial charge on any atom is -0.398 e. The Morgan fingerprint density at radius 1 is 1.17 bits per heavy atom. The van der Waals surface area contributed by atoms with E-state index in [4.69, 9.17) is 5.73 Å². The van der Waals surface area contributed by atoms with Gasteiger partial charge in [-0.15, -0.1) is 0 Å². The Kier molecular flexibility index (Phi) is 3.66. The van der Waals surface area contributed by atoms with Crippen molar-refractivity contribution in [2.24, 2.45) is 5.92 Å². The molecule has 0 unspecified atom stereocenters. The molecule has 0 aromatic heterocycles. The minimum atomic E-state index is -3.22. The van der Waals surface area contributed by atoms with E-state index in [1.54, 1.807) is 25.1 Å². The highest BCUT2D eigenvalue weighted by atomic mass is 32.2. The van der Waals surface area contributed by atoms with Gasteiger partial charge in [0.1, 0.15) is 0 Å². The molecular formula is C14H21NO2S. The maximum atomic E-state index is 12.6. The lowest BCUT2D eigenvalue weighted by Gasteiger charge is -2.26. The van der Waals surface area contributed by atoms with Gasteiger partial charge in [0, 0.05) is 5.69 Å². The zero-order chi connectivity index (χ0) is 13.3. The van der Waals surface area contributed by atoms with Crippen molar-refractivity contribution in [1.82, 2.24) is 0 Å². The van der Waals surface area contributed by atoms with Crippen molar-refractivity contribution < 1.29 is 8.42 Å². The van der Waals surface area contributed by atoms with Gasteiger partial charge in [0.2, 0.25) is 0 Å². The first-order valence-corrected chi connectivity index (χ1v) is 8.06. The Labute approximate surface area is 109 Å². The number of sulfone groups is 1. The molecule has 1 aromatic carbocycles. The Morgan fingerprint density at radius 2 is 1.78 bits per heavy atom. The fourth-order valence-corrected chi connectivity index (χ4v) is 4.72. The average molecular weight is 267 g/mol. The zero-order valence-corrected chi connectivity index (χ0v) is 11.8. The lowest BCUT2D eigenvalue weighted by Crippen LogP contribution is -2.27. The first-order valence-electron chi connectivity index (χ1n) is 6.52. The first kappa shape index (κ1) is 13.4. The predicted molar refractivity (Wildman–Crippen MR) is 74.2 cm³/mol. The Hall–Kier alpha value is -1.03. The van der Waals surface area contributed by atoms with Crippen LogP contribution in [0.15, 0.2) is 23.1 Å². The molecule has 0 heterocycles. The molecule has 1 saturated carbocycles. The molecule has 0 bridgehead atoms. The van der Waals surface area contributed by atoms with E-state index in [-0.39, 0.29) is 5.25 Å². The highest BCUT2D eigenvalue weighted by Crippen LogP contribution is 2.33. The van der Waals surface area contributed by atoms with E-state index in [1.807, 2.05) is 0 Å². The smallest absolute Gasteiger partial charge is 0.181 e. The molecule has 0 spiro atoms. The van der Waals surface area contributed by atoms with Crippen molar-refractivity contribution in [3.05, 3.63) is 23.8 Å². The number of hydrogen-bond donors (Lipinski definition) is 1. The summed E-state index contributed by atoms with van der Waals surface area (Å²) in [7, 11) is -3.22. The summed E-state index contributed by atoms with van der Waals surface area (Å²) in [4.78, 5) is 0.419. The molecular weight excluding hydrogens is 246 g/mol. The molecule has 0 atom stereocenters. The van der Waals surface area contributed by atoms with Gasteiger partial charge in [0.05, 0.1) is 10.1 Å². The van der Waals surface area contributed by atoms with Crippen molar-refractivity contribution in [3.8, 4) is 0 Å². The van der Waals surface area contributed by atoms with Gasteiger partial charge in [-0.05, 0) is 56.2 Å². The fraction of sp³-hybridized carbons (Fsp3) is 0.571. The third-order valence-electron chi connectivity index (χ3n) is 4.03. The monoisotopic (exact) mass is 267 g/mol. The van der Waals surface area contributed by atoms with E-state index in [1.165, 1.54) is 0 Å². The van der Waals surface area contributed by atoms with Gasteiger partial charge in [0.25, 0.3) is 0 Å². The summed E-state index contributed by atoms with van der Waals surface area (Å²) >= 11 is 0. The molecule has 1 aliphatic rings. The normalized spacial score (nSPS) is 25.0. The van der Waals surface area contributed by atoms with Gasteiger partial charge >= 0.3 is 0 Å². The van der Waals surface area contributed by atoms with E-state index in [0.29, 0.717) is 22.1 Å². The molecule has 1 aromatic rings. The second-order valence-corrected chi connectivity index (χ2v) is 7.59. The predicted octanol–water partition coefficient (Wildman–Crippen LogP) is 2.93. The molecule has 3 nitrogen and oxygen atoms in total. The van der Waals surface area contributed by atoms with Crippen molar-refractivity contribution in [1.29, 1.82) is 0 Å². The zero-order valence-electron chi connectivity index (χ0n) is 11.0. The topological polar surface area (TPSA) is 60.2 Å². The van der Waals surface area contributed by atoms with Crippen molar-refractivity contribution >= 4 is 15.5 Å². The van der Waals surface area contributed by atoms with Gasteiger partial charge in [-0.1, -0.05) is 13.0 Å². The minimum absolute atomic E-state index is 0.228. The van der Waals surface area contributed by atoms with E-state index in [9.17, 15) is 8.42 Å². The summed E-state index contributed by atoms with van der Waals surface area (Å²) in [5.74, 6) is 0.651. The average Bonchev–Trinajstić information content (AvgIpc) is 2.33. The lowest BCUT2D eigenvalue weighted by atomic mass is 9.91. The SMILES string of the molecule is Cc1c(N)cccc1S(=O)(=O)C1CCC(C)CC1. The highest BCUT2D eigenvalue weighted by molar-refractivity contribution is 7.92. The van der Waals surface area contributed by atoms with E-state index < -0.39 is 9.84 Å². The fourth-order valence-electron chi connectivity index (χ4n) is 2.66. The molecule has 100 valence electrons. The maximum absolute atomic E-state index is 12.6. The second-order valence-electron chi connectivity index (χ2n) is 5.40. The molecule has 2 N–H and O–H groups in total. The number of benzene rings is 1. The summed E-state index contributed by atoms with van der Waals surface area (Å²) < 4.78 is 25.2. The van der Waals surface area contributed by atoms with Crippen LogP contribution >= 0.6 is 0 Å². The van der Waals surface area contributed by atoms with Crippen LogP contribution < -0.4 is 5.73 Å². The van der Waals surface area contributed by atoms with Crippen LogP contribution in [0.2, 0.25) is 0 Å². The van der Waals surface area contributed by atoms with Crippen LogP contribution in [0.5, 0.6) is 0 Å². The van der Waals surface area contributed by atoms with Gasteiger partial charge < -0.3 is 5.73 Å². The molecule has 2 rings (SSSR count). The number of nitrogen functional groups attached to an aromatic ring is 1. The molecule has 0 aliphatic heterocycles. The summed E-state index contributed by atoms with van der Waals surface area (Å²) in [6.07, 6.45) is 3.56.